The summed E-state index contributed by atoms with van der Waals surface area (Å²) in [6.07, 6.45) is 0. The van der Waals surface area contributed by atoms with Crippen LogP contribution in [0, 0.1) is 0 Å². The van der Waals surface area contributed by atoms with Gasteiger partial charge < -0.3 is 0 Å². The number of quaternary nitrogens is 1. The molecule has 0 heterocycles. The second-order valence-corrected chi connectivity index (χ2v) is 7.50. The minimum Gasteiger partial charge on any atom is -0.285 e. The van der Waals surface area contributed by atoms with E-state index >= 15 is 0 Å². The highest BCUT2D eigenvalue weighted by Crippen LogP contribution is 2.35. The number of allylic oxidation sites excluding steroid dienone is 1. The van der Waals surface area contributed by atoms with Crippen molar-refractivity contribution in [1.29, 1.82) is 0 Å². The summed E-state index contributed by atoms with van der Waals surface area (Å²) in [6, 6.07) is 32.1. The van der Waals surface area contributed by atoms with Crippen LogP contribution in [0.15, 0.2) is 103 Å². The molecule has 0 aliphatic heterocycles. The Balaban J connectivity index is 1.91. The first-order chi connectivity index (χ1) is 11.3. The molecule has 0 amide bonds. The summed E-state index contributed by atoms with van der Waals surface area (Å²) >= 11 is 0. The van der Waals surface area contributed by atoms with Crippen molar-refractivity contribution in [3.63, 3.8) is 0 Å². The van der Waals surface area contributed by atoms with Crippen molar-refractivity contribution in [3.05, 3.63) is 103 Å². The van der Waals surface area contributed by atoms with Crippen LogP contribution in [0.4, 0.5) is 5.69 Å². The maximum absolute atomic E-state index is 2.41. The number of hydrogen-bond acceptors (Lipinski definition) is 0. The average molecular weight is 318 g/mol. The fourth-order valence-electron chi connectivity index (χ4n) is 2.53. The molecule has 0 aliphatic carbocycles. The van der Waals surface area contributed by atoms with Gasteiger partial charge in [0, 0.05) is 12.7 Å². The van der Waals surface area contributed by atoms with Crippen LogP contribution in [0.2, 0.25) is 0 Å². The second-order valence-electron chi connectivity index (χ2n) is 5.47. The van der Waals surface area contributed by atoms with Crippen LogP contribution in [0.5, 0.6) is 0 Å². The predicted octanol–water partition coefficient (Wildman–Crippen LogP) is 3.88. The lowest BCUT2D eigenvalue weighted by Gasteiger charge is -2.15. The van der Waals surface area contributed by atoms with Crippen molar-refractivity contribution >= 4 is 24.2 Å². The summed E-state index contributed by atoms with van der Waals surface area (Å²) in [5.74, 6) is 2.41. The smallest absolute Gasteiger partial charge is 0.134 e. The molecule has 0 radical (unpaired) electrons. The summed E-state index contributed by atoms with van der Waals surface area (Å²) in [7, 11) is -0.480. The third-order valence-corrected chi connectivity index (χ3v) is 5.97. The third-order valence-electron chi connectivity index (χ3n) is 3.60. The molecular weight excluding hydrogens is 297 g/mol. The molecule has 0 aromatic heterocycles. The van der Waals surface area contributed by atoms with Gasteiger partial charge in [0.25, 0.3) is 0 Å². The SMILES string of the molecule is C/C(=C\P(c1ccccc1)c1ccccc1)[NH2+]c1ccccc1. The minimum atomic E-state index is -0.480. The first-order valence-corrected chi connectivity index (χ1v) is 9.21. The lowest BCUT2D eigenvalue weighted by molar-refractivity contribution is -0.517. The zero-order chi connectivity index (χ0) is 15.9. The summed E-state index contributed by atoms with van der Waals surface area (Å²) in [6.45, 7) is 2.19. The molecule has 1 nitrogen and oxygen atoms in total. The fourth-order valence-corrected chi connectivity index (χ4v) is 4.59. The van der Waals surface area contributed by atoms with E-state index in [4.69, 9.17) is 0 Å². The van der Waals surface area contributed by atoms with E-state index < -0.39 is 7.92 Å². The highest BCUT2D eigenvalue weighted by atomic mass is 31.1. The maximum Gasteiger partial charge on any atom is 0.134 e. The third kappa shape index (κ3) is 4.39. The van der Waals surface area contributed by atoms with E-state index in [9.17, 15) is 0 Å². The van der Waals surface area contributed by atoms with Crippen LogP contribution >= 0.6 is 7.92 Å². The Morgan fingerprint density at radius 2 is 1.13 bits per heavy atom. The van der Waals surface area contributed by atoms with Crippen molar-refractivity contribution in [2.45, 2.75) is 6.92 Å². The van der Waals surface area contributed by atoms with Gasteiger partial charge in [-0.2, -0.15) is 0 Å². The molecule has 3 rings (SSSR count). The Bertz CT molecular complexity index is 712. The Morgan fingerprint density at radius 1 is 0.696 bits per heavy atom. The highest BCUT2D eigenvalue weighted by Gasteiger charge is 2.12. The molecule has 0 atom stereocenters. The van der Waals surface area contributed by atoms with Gasteiger partial charge >= 0.3 is 0 Å². The molecule has 2 heteroatoms. The van der Waals surface area contributed by atoms with Crippen molar-refractivity contribution in [2.75, 3.05) is 0 Å². The van der Waals surface area contributed by atoms with Gasteiger partial charge in [-0.3, -0.25) is 5.32 Å². The monoisotopic (exact) mass is 318 g/mol. The normalized spacial score (nSPS) is 11.7. The van der Waals surface area contributed by atoms with E-state index in [2.05, 4.69) is 109 Å². The van der Waals surface area contributed by atoms with Crippen LogP contribution in [-0.4, -0.2) is 0 Å². The molecule has 2 N–H and O–H groups in total. The molecule has 0 fully saturated rings. The highest BCUT2D eigenvalue weighted by molar-refractivity contribution is 7.75. The van der Waals surface area contributed by atoms with E-state index in [-0.39, 0.29) is 0 Å². The van der Waals surface area contributed by atoms with Crippen molar-refractivity contribution in [1.82, 2.24) is 0 Å². The van der Waals surface area contributed by atoms with Gasteiger partial charge in [0.15, 0.2) is 0 Å². The van der Waals surface area contributed by atoms with Crippen LogP contribution < -0.4 is 15.9 Å². The van der Waals surface area contributed by atoms with Gasteiger partial charge in [0.2, 0.25) is 0 Å². The Morgan fingerprint density at radius 3 is 1.61 bits per heavy atom. The topological polar surface area (TPSA) is 16.6 Å². The van der Waals surface area contributed by atoms with Crippen LogP contribution in [0.3, 0.4) is 0 Å². The van der Waals surface area contributed by atoms with Gasteiger partial charge in [0.1, 0.15) is 11.4 Å². The molecule has 0 saturated heterocycles. The maximum atomic E-state index is 2.41. The number of hydrogen-bond donors (Lipinski definition) is 1. The predicted molar refractivity (Wildman–Crippen MR) is 101 cm³/mol. The van der Waals surface area contributed by atoms with Gasteiger partial charge in [-0.15, -0.1) is 0 Å². The summed E-state index contributed by atoms with van der Waals surface area (Å²) < 4.78 is 0. The van der Waals surface area contributed by atoms with Gasteiger partial charge in [0.05, 0.1) is 0 Å². The van der Waals surface area contributed by atoms with Crippen molar-refractivity contribution in [2.24, 2.45) is 0 Å². The van der Waals surface area contributed by atoms with Crippen molar-refractivity contribution in [3.8, 4) is 0 Å². The molecular formula is C21H21NP+. The molecule has 0 unspecified atom stereocenters. The lowest BCUT2D eigenvalue weighted by atomic mass is 10.3. The second kappa shape index (κ2) is 7.87. The number of benzene rings is 3. The van der Waals surface area contributed by atoms with Crippen LogP contribution in [-0.2, 0) is 0 Å². The van der Waals surface area contributed by atoms with E-state index in [1.807, 2.05) is 0 Å². The molecule has 3 aromatic rings. The Hall–Kier alpha value is -2.21. The van der Waals surface area contributed by atoms with Crippen molar-refractivity contribution < 1.29 is 5.32 Å². The van der Waals surface area contributed by atoms with Gasteiger partial charge in [-0.25, -0.2) is 0 Å². The number of rotatable bonds is 5. The summed E-state index contributed by atoms with van der Waals surface area (Å²) in [5, 5.41) is 5.02. The average Bonchev–Trinajstić information content (AvgIpc) is 2.62. The molecule has 23 heavy (non-hydrogen) atoms. The molecule has 0 bridgehead atoms. The summed E-state index contributed by atoms with van der Waals surface area (Å²) in [4.78, 5) is 0. The first kappa shape index (κ1) is 15.7. The Kier molecular flexibility index (Phi) is 5.37. The fraction of sp³-hybridized carbons (Fsp3) is 0.0476. The van der Waals surface area contributed by atoms with E-state index in [1.54, 1.807) is 0 Å². The van der Waals surface area contributed by atoms with Crippen LogP contribution in [0.25, 0.3) is 0 Å². The lowest BCUT2D eigenvalue weighted by Crippen LogP contribution is -2.74. The van der Waals surface area contributed by atoms with Gasteiger partial charge in [-0.05, 0) is 30.7 Å². The Labute approximate surface area is 139 Å². The number of para-hydroxylation sites is 1. The van der Waals surface area contributed by atoms with Gasteiger partial charge in [-0.1, -0.05) is 78.9 Å². The number of nitrogens with two attached hydrogens (primary N) is 1. The zero-order valence-corrected chi connectivity index (χ0v) is 14.2. The molecule has 0 aliphatic rings. The zero-order valence-electron chi connectivity index (χ0n) is 13.3. The largest absolute Gasteiger partial charge is 0.285 e. The van der Waals surface area contributed by atoms with E-state index in [0.717, 1.165) is 0 Å². The first-order valence-electron chi connectivity index (χ1n) is 7.80. The molecule has 0 spiro atoms. The van der Waals surface area contributed by atoms with E-state index in [1.165, 1.54) is 22.0 Å². The standard InChI is InChI=1S/C21H20NP/c1-18(22-19-11-5-2-6-12-19)17-23(20-13-7-3-8-14-20)21-15-9-4-10-16-21/h2-17,22H,1H3/p+1/b18-17+. The van der Waals surface area contributed by atoms with Crippen LogP contribution in [0.1, 0.15) is 6.92 Å². The molecule has 0 saturated carbocycles. The molecule has 114 valence electrons. The van der Waals surface area contributed by atoms with E-state index in [0.29, 0.717) is 0 Å². The molecule has 3 aromatic carbocycles. The minimum absolute atomic E-state index is 0.480. The quantitative estimate of drug-likeness (QED) is 0.543. The summed E-state index contributed by atoms with van der Waals surface area (Å²) in [5.41, 5.74) is 2.55.